The minimum Gasteiger partial charge on any atom is -0.327 e. The molecule has 1 rings (SSSR count). The van der Waals surface area contributed by atoms with E-state index in [-0.39, 0.29) is 12.4 Å². The highest BCUT2D eigenvalue weighted by molar-refractivity contribution is 5.85. The lowest BCUT2D eigenvalue weighted by atomic mass is 10.1. The third kappa shape index (κ3) is 3.41. The second-order valence-electron chi connectivity index (χ2n) is 3.49. The predicted molar refractivity (Wildman–Crippen MR) is 51.2 cm³/mol. The molecule has 0 aromatic rings. The molecule has 0 amide bonds. The van der Waals surface area contributed by atoms with Gasteiger partial charge >= 0.3 is 0 Å². The number of rotatable bonds is 1. The summed E-state index contributed by atoms with van der Waals surface area (Å²) in [5, 5.41) is 0. The molecule has 1 heterocycles. The van der Waals surface area contributed by atoms with Crippen LogP contribution in [-0.2, 0) is 0 Å². The van der Waals surface area contributed by atoms with E-state index in [4.69, 9.17) is 5.73 Å². The molecule has 1 aliphatic rings. The van der Waals surface area contributed by atoms with Gasteiger partial charge in [-0.3, -0.25) is 4.90 Å². The zero-order valence-electron chi connectivity index (χ0n) is 7.42. The molecule has 0 bridgehead atoms. The summed E-state index contributed by atoms with van der Waals surface area (Å²) in [6.45, 7) is 6.80. The summed E-state index contributed by atoms with van der Waals surface area (Å²) in [4.78, 5) is 2.45. The van der Waals surface area contributed by atoms with Crippen molar-refractivity contribution < 1.29 is 0 Å². The van der Waals surface area contributed by atoms with Crippen molar-refractivity contribution in [2.24, 2.45) is 5.73 Å². The Bertz CT molecular complexity index is 106. The van der Waals surface area contributed by atoms with Gasteiger partial charge in [-0.25, -0.2) is 0 Å². The molecule has 0 aromatic carbocycles. The second-order valence-corrected chi connectivity index (χ2v) is 3.49. The molecule has 0 aromatic heterocycles. The highest BCUT2D eigenvalue weighted by Gasteiger charge is 2.17. The van der Waals surface area contributed by atoms with Crippen molar-refractivity contribution in [2.45, 2.75) is 38.8 Å². The Morgan fingerprint density at radius 1 is 1.45 bits per heavy atom. The van der Waals surface area contributed by atoms with Gasteiger partial charge in [0.2, 0.25) is 0 Å². The Morgan fingerprint density at radius 3 is 2.45 bits per heavy atom. The number of likely N-dealkylation sites (tertiary alicyclic amines) is 1. The minimum absolute atomic E-state index is 0. The molecule has 1 atom stereocenters. The summed E-state index contributed by atoms with van der Waals surface area (Å²) in [5.74, 6) is 0. The van der Waals surface area contributed by atoms with Gasteiger partial charge in [-0.2, -0.15) is 0 Å². The van der Waals surface area contributed by atoms with Crippen molar-refractivity contribution in [2.75, 3.05) is 13.1 Å². The first-order valence-corrected chi connectivity index (χ1v) is 4.20. The molecule has 1 saturated heterocycles. The quantitative estimate of drug-likeness (QED) is 0.655. The van der Waals surface area contributed by atoms with Gasteiger partial charge in [0.05, 0.1) is 0 Å². The number of hydrogen-bond donors (Lipinski definition) is 1. The lowest BCUT2D eigenvalue weighted by Gasteiger charge is -2.33. The van der Waals surface area contributed by atoms with Gasteiger partial charge in [0, 0.05) is 18.6 Å². The third-order valence-electron chi connectivity index (χ3n) is 2.22. The molecule has 2 N–H and O–H groups in total. The fourth-order valence-electron chi connectivity index (χ4n) is 1.51. The van der Waals surface area contributed by atoms with E-state index in [0.29, 0.717) is 12.1 Å². The molecular weight excluding hydrogens is 160 g/mol. The molecule has 3 heteroatoms. The molecule has 11 heavy (non-hydrogen) atoms. The Balaban J connectivity index is 0.000001000. The zero-order chi connectivity index (χ0) is 7.56. The lowest BCUT2D eigenvalue weighted by Crippen LogP contribution is -2.45. The summed E-state index contributed by atoms with van der Waals surface area (Å²) in [7, 11) is 0. The van der Waals surface area contributed by atoms with Gasteiger partial charge in [0.25, 0.3) is 0 Å². The van der Waals surface area contributed by atoms with Crippen LogP contribution in [0.15, 0.2) is 0 Å². The van der Waals surface area contributed by atoms with Crippen LogP contribution in [0, 0.1) is 0 Å². The summed E-state index contributed by atoms with van der Waals surface area (Å²) in [6.07, 6.45) is 2.49. The molecule has 2 nitrogen and oxygen atoms in total. The van der Waals surface area contributed by atoms with Crippen LogP contribution < -0.4 is 5.73 Å². The molecule has 0 aliphatic carbocycles. The standard InChI is InChI=1S/C8H18N2.ClH/c1-7(2)10-5-3-4-8(9)6-10;/h7-8H,3-6,9H2,1-2H3;1H/t8-;/m1./s1. The number of halogens is 1. The van der Waals surface area contributed by atoms with Crippen molar-refractivity contribution in [1.29, 1.82) is 0 Å². The summed E-state index contributed by atoms with van der Waals surface area (Å²) < 4.78 is 0. The topological polar surface area (TPSA) is 29.3 Å². The van der Waals surface area contributed by atoms with Crippen LogP contribution in [-0.4, -0.2) is 30.1 Å². The van der Waals surface area contributed by atoms with Crippen LogP contribution in [0.2, 0.25) is 0 Å². The monoisotopic (exact) mass is 178 g/mol. The fraction of sp³-hybridized carbons (Fsp3) is 1.00. The molecular formula is C8H19ClN2. The van der Waals surface area contributed by atoms with Crippen LogP contribution in [0.4, 0.5) is 0 Å². The van der Waals surface area contributed by atoms with Crippen LogP contribution in [0.3, 0.4) is 0 Å². The van der Waals surface area contributed by atoms with E-state index in [0.717, 1.165) is 6.54 Å². The molecule has 1 fully saturated rings. The Hall–Kier alpha value is 0.210. The molecule has 1 aliphatic heterocycles. The number of hydrogen-bond acceptors (Lipinski definition) is 2. The first kappa shape index (κ1) is 11.2. The van der Waals surface area contributed by atoms with Gasteiger partial charge in [-0.15, -0.1) is 12.4 Å². The Kier molecular flexibility index (Phi) is 5.06. The van der Waals surface area contributed by atoms with Crippen LogP contribution >= 0.6 is 12.4 Å². The van der Waals surface area contributed by atoms with Crippen molar-refractivity contribution in [1.82, 2.24) is 4.90 Å². The number of nitrogens with two attached hydrogens (primary N) is 1. The molecule has 68 valence electrons. The van der Waals surface area contributed by atoms with Crippen LogP contribution in [0.1, 0.15) is 26.7 Å². The van der Waals surface area contributed by atoms with E-state index in [2.05, 4.69) is 18.7 Å². The van der Waals surface area contributed by atoms with Gasteiger partial charge in [-0.1, -0.05) is 0 Å². The maximum absolute atomic E-state index is 5.82. The van der Waals surface area contributed by atoms with Gasteiger partial charge in [0.15, 0.2) is 0 Å². The van der Waals surface area contributed by atoms with Crippen LogP contribution in [0.25, 0.3) is 0 Å². The van der Waals surface area contributed by atoms with Crippen molar-refractivity contribution in [3.8, 4) is 0 Å². The van der Waals surface area contributed by atoms with Crippen molar-refractivity contribution in [3.63, 3.8) is 0 Å². The van der Waals surface area contributed by atoms with Gasteiger partial charge in [-0.05, 0) is 33.2 Å². The largest absolute Gasteiger partial charge is 0.327 e. The van der Waals surface area contributed by atoms with E-state index in [1.807, 2.05) is 0 Å². The highest BCUT2D eigenvalue weighted by atomic mass is 35.5. The second kappa shape index (κ2) is 4.96. The van der Waals surface area contributed by atoms with E-state index < -0.39 is 0 Å². The lowest BCUT2D eigenvalue weighted by molar-refractivity contribution is 0.169. The average molecular weight is 179 g/mol. The summed E-state index contributed by atoms with van der Waals surface area (Å²) >= 11 is 0. The minimum atomic E-state index is 0. The normalized spacial score (nSPS) is 26.7. The smallest absolute Gasteiger partial charge is 0.0168 e. The summed E-state index contributed by atoms with van der Waals surface area (Å²) in [6, 6.07) is 1.10. The zero-order valence-corrected chi connectivity index (χ0v) is 8.23. The SMILES string of the molecule is CC(C)N1CCC[C@@H](N)C1.Cl. The van der Waals surface area contributed by atoms with Crippen molar-refractivity contribution >= 4 is 12.4 Å². The first-order valence-electron chi connectivity index (χ1n) is 4.20. The third-order valence-corrected chi connectivity index (χ3v) is 2.22. The number of nitrogens with zero attached hydrogens (tertiary/aromatic N) is 1. The van der Waals surface area contributed by atoms with E-state index >= 15 is 0 Å². The van der Waals surface area contributed by atoms with E-state index in [1.54, 1.807) is 0 Å². The van der Waals surface area contributed by atoms with Gasteiger partial charge < -0.3 is 5.73 Å². The summed E-state index contributed by atoms with van der Waals surface area (Å²) in [5.41, 5.74) is 5.82. The highest BCUT2D eigenvalue weighted by Crippen LogP contribution is 2.10. The van der Waals surface area contributed by atoms with E-state index in [9.17, 15) is 0 Å². The maximum atomic E-state index is 5.82. The molecule has 0 unspecified atom stereocenters. The molecule has 0 saturated carbocycles. The van der Waals surface area contributed by atoms with E-state index in [1.165, 1.54) is 19.4 Å². The molecule has 0 spiro atoms. The maximum Gasteiger partial charge on any atom is 0.0168 e. The van der Waals surface area contributed by atoms with Crippen LogP contribution in [0.5, 0.6) is 0 Å². The predicted octanol–water partition coefficient (Wildman–Crippen LogP) is 1.24. The first-order chi connectivity index (χ1) is 4.70. The van der Waals surface area contributed by atoms with Crippen molar-refractivity contribution in [3.05, 3.63) is 0 Å². The average Bonchev–Trinajstić information content (AvgIpc) is 1.88. The Morgan fingerprint density at radius 2 is 2.09 bits per heavy atom. The Labute approximate surface area is 75.5 Å². The fourth-order valence-corrected chi connectivity index (χ4v) is 1.51. The number of piperidine rings is 1. The van der Waals surface area contributed by atoms with Gasteiger partial charge in [0.1, 0.15) is 0 Å². The molecule has 0 radical (unpaired) electrons.